The number of ether oxygens (including phenoxy) is 3. The quantitative estimate of drug-likeness (QED) is 0.174. The molecule has 4 heterocycles. The number of imidazole rings is 1. The number of methoxy groups -OCH3 is 3. The molecule has 0 radical (unpaired) electrons. The van der Waals surface area contributed by atoms with Crippen LogP contribution in [0, 0.1) is 23.7 Å². The molecular weight excluding hydrogens is 783 g/mol. The van der Waals surface area contributed by atoms with Gasteiger partial charge in [0.05, 0.1) is 45.8 Å². The third kappa shape index (κ3) is 10.2. The van der Waals surface area contributed by atoms with Crippen molar-refractivity contribution in [2.75, 3.05) is 47.5 Å². The fourth-order valence-corrected chi connectivity index (χ4v) is 7.64. The molecule has 17 nitrogen and oxygen atoms in total. The van der Waals surface area contributed by atoms with Gasteiger partial charge in [-0.2, -0.15) is 4.99 Å². The van der Waals surface area contributed by atoms with Crippen molar-refractivity contribution >= 4 is 41.6 Å². The number of quaternary nitrogens is 1. The highest BCUT2D eigenvalue weighted by Gasteiger charge is 2.43. The summed E-state index contributed by atoms with van der Waals surface area (Å²) in [6.07, 6.45) is 3.41. The molecule has 4 atom stereocenters. The number of carbonyl (C=O) groups is 5. The fraction of sp³-hybridized carbons (Fsp3) is 0.432. The van der Waals surface area contributed by atoms with E-state index >= 15 is 0 Å². The SMILES string of the molecule is COC(=O)NC(C(=O)N1CCN(C(=O)OC)CC1C1=NC(c2ccc(C#Cc3ccc(-c4cnc(C5CCCN5C(=O)C(NC(=O)OC)C(C)C)[nH]4)cc3)cc2)=C[NH2+]1)C(C)C. The Morgan fingerprint density at radius 3 is 1.85 bits per heavy atom. The van der Waals surface area contributed by atoms with Crippen LogP contribution in [0.25, 0.3) is 17.0 Å². The summed E-state index contributed by atoms with van der Waals surface area (Å²) in [7, 11) is 3.85. The predicted octanol–water partition coefficient (Wildman–Crippen LogP) is 3.45. The van der Waals surface area contributed by atoms with Gasteiger partial charge in [-0.15, -0.1) is 0 Å². The molecule has 5 N–H and O–H groups in total. The van der Waals surface area contributed by atoms with E-state index in [0.717, 1.165) is 40.8 Å². The largest absolute Gasteiger partial charge is 0.453 e. The Morgan fingerprint density at radius 2 is 1.31 bits per heavy atom. The zero-order chi connectivity index (χ0) is 43.8. The number of aliphatic imine (C=N–C) groups is 1. The molecule has 0 saturated carbocycles. The molecule has 3 aliphatic rings. The van der Waals surface area contributed by atoms with Crippen LogP contribution in [0.15, 0.2) is 65.9 Å². The van der Waals surface area contributed by atoms with E-state index < -0.39 is 36.4 Å². The molecule has 4 unspecified atom stereocenters. The van der Waals surface area contributed by atoms with E-state index in [1.165, 1.54) is 21.3 Å². The van der Waals surface area contributed by atoms with Crippen molar-refractivity contribution in [2.45, 2.75) is 64.7 Å². The number of nitrogens with zero attached hydrogens (tertiary/aromatic N) is 5. The van der Waals surface area contributed by atoms with Crippen LogP contribution in [0.4, 0.5) is 14.4 Å². The second-order valence-corrected chi connectivity index (χ2v) is 15.7. The Bertz CT molecular complexity index is 2220. The molecule has 5 amide bonds. The zero-order valence-corrected chi connectivity index (χ0v) is 35.6. The molecule has 2 fully saturated rings. The number of piperazine rings is 1. The lowest BCUT2D eigenvalue weighted by Gasteiger charge is -2.41. The van der Waals surface area contributed by atoms with Crippen LogP contribution < -0.4 is 16.0 Å². The maximum absolute atomic E-state index is 13.9. The summed E-state index contributed by atoms with van der Waals surface area (Å²) < 4.78 is 14.5. The topological polar surface area (TPSA) is 204 Å². The predicted molar refractivity (Wildman–Crippen MR) is 225 cm³/mol. The van der Waals surface area contributed by atoms with Crippen LogP contribution in [0.3, 0.4) is 0 Å². The first kappa shape index (κ1) is 43.9. The average Bonchev–Trinajstić information content (AvgIpc) is 4.08. The van der Waals surface area contributed by atoms with Crippen molar-refractivity contribution < 1.29 is 43.5 Å². The van der Waals surface area contributed by atoms with E-state index in [4.69, 9.17) is 19.2 Å². The maximum atomic E-state index is 13.9. The highest BCUT2D eigenvalue weighted by Crippen LogP contribution is 2.33. The van der Waals surface area contributed by atoms with Gasteiger partial charge in [-0.3, -0.25) is 14.9 Å². The van der Waals surface area contributed by atoms with Crippen molar-refractivity contribution in [3.05, 3.63) is 83.4 Å². The first-order valence-corrected chi connectivity index (χ1v) is 20.4. The molecule has 1 aromatic heterocycles. The number of hydrogen-bond acceptors (Lipinski definition) is 10. The van der Waals surface area contributed by atoms with Gasteiger partial charge in [-0.1, -0.05) is 63.8 Å². The molecule has 0 aliphatic carbocycles. The van der Waals surface area contributed by atoms with Crippen LogP contribution in [-0.2, 0) is 23.8 Å². The van der Waals surface area contributed by atoms with Gasteiger partial charge in [-0.25, -0.2) is 19.4 Å². The van der Waals surface area contributed by atoms with E-state index in [9.17, 15) is 24.0 Å². The Morgan fingerprint density at radius 1 is 0.754 bits per heavy atom. The van der Waals surface area contributed by atoms with E-state index in [0.29, 0.717) is 23.9 Å². The van der Waals surface area contributed by atoms with Gasteiger partial charge in [-0.05, 0) is 54.5 Å². The molecule has 2 aromatic carbocycles. The van der Waals surface area contributed by atoms with Gasteiger partial charge in [0.2, 0.25) is 17.6 Å². The standard InChI is InChI=1S/C44H53N9O8/c1-26(2)36(49-42(56)59-5)40(54)52-20-8-9-34(52)38-45-23-32(47-38)30-16-12-28(13-17-30)10-11-29-14-18-31(19-15-29)33-24-46-39(48-33)35-25-51(44(58)61-7)21-22-53(35)41(55)37(27(3)4)50-43(57)60-6/h12-19,23-24,26-27,34-37H,8-9,20-22,25H2,1-7H3,(H,45,47)(H,46,48)(H,49,56)(H,50,57)/p+1. The highest BCUT2D eigenvalue weighted by atomic mass is 16.5. The number of nitrogens with two attached hydrogens (primary N) is 1. The van der Waals surface area contributed by atoms with Crippen molar-refractivity contribution in [3.63, 3.8) is 0 Å². The fourth-order valence-electron chi connectivity index (χ4n) is 7.64. The van der Waals surface area contributed by atoms with Crippen molar-refractivity contribution in [2.24, 2.45) is 16.8 Å². The number of nitrogens with one attached hydrogen (secondary N) is 3. The van der Waals surface area contributed by atoms with Gasteiger partial charge in [0.1, 0.15) is 35.8 Å². The third-order valence-corrected chi connectivity index (χ3v) is 11.1. The number of carbonyl (C=O) groups excluding carboxylic acids is 5. The average molecular weight is 837 g/mol. The number of rotatable bonds is 10. The summed E-state index contributed by atoms with van der Waals surface area (Å²) in [6.45, 7) is 8.71. The number of amides is 5. The van der Waals surface area contributed by atoms with Gasteiger partial charge < -0.3 is 44.5 Å². The monoisotopic (exact) mass is 836 g/mol. The van der Waals surface area contributed by atoms with Crippen LogP contribution in [-0.4, -0.2) is 126 Å². The molecule has 3 aliphatic heterocycles. The van der Waals surface area contributed by atoms with Crippen LogP contribution in [0.2, 0.25) is 0 Å². The minimum Gasteiger partial charge on any atom is -0.453 e. The lowest BCUT2D eigenvalue weighted by atomic mass is 10.0. The summed E-state index contributed by atoms with van der Waals surface area (Å²) >= 11 is 0. The Labute approximate surface area is 355 Å². The van der Waals surface area contributed by atoms with E-state index in [1.807, 2.05) is 87.7 Å². The molecule has 2 saturated heterocycles. The lowest BCUT2D eigenvalue weighted by Crippen LogP contribution is -2.86. The Hall–Kier alpha value is -6.67. The summed E-state index contributed by atoms with van der Waals surface area (Å²) in [6, 6.07) is 13.2. The lowest BCUT2D eigenvalue weighted by molar-refractivity contribution is -0.462. The number of aromatic amines is 1. The molecule has 6 rings (SSSR count). The van der Waals surface area contributed by atoms with Crippen LogP contribution in [0.1, 0.15) is 69.1 Å². The molecule has 0 spiro atoms. The van der Waals surface area contributed by atoms with E-state index in [2.05, 4.69) is 32.4 Å². The second kappa shape index (κ2) is 19.6. The van der Waals surface area contributed by atoms with Crippen molar-refractivity contribution in [3.8, 4) is 23.1 Å². The van der Waals surface area contributed by atoms with E-state index in [-0.39, 0.29) is 49.3 Å². The first-order valence-electron chi connectivity index (χ1n) is 20.4. The number of benzene rings is 2. The van der Waals surface area contributed by atoms with Crippen LogP contribution in [0.5, 0.6) is 0 Å². The summed E-state index contributed by atoms with van der Waals surface area (Å²) in [4.78, 5) is 81.9. The van der Waals surface area contributed by atoms with Gasteiger partial charge >= 0.3 is 18.3 Å². The van der Waals surface area contributed by atoms with Gasteiger partial charge in [0.25, 0.3) is 0 Å². The molecule has 0 bridgehead atoms. The Balaban J connectivity index is 1.11. The number of hydrogen-bond donors (Lipinski definition) is 4. The summed E-state index contributed by atoms with van der Waals surface area (Å²) in [5.74, 6) is 6.97. The molecule has 61 heavy (non-hydrogen) atoms. The van der Waals surface area contributed by atoms with Crippen molar-refractivity contribution in [1.82, 2.24) is 35.3 Å². The highest BCUT2D eigenvalue weighted by molar-refractivity contribution is 5.94. The molecule has 322 valence electrons. The van der Waals surface area contributed by atoms with Gasteiger partial charge in [0, 0.05) is 36.3 Å². The number of H-pyrrole nitrogens is 1. The zero-order valence-electron chi connectivity index (χ0n) is 35.6. The van der Waals surface area contributed by atoms with Crippen molar-refractivity contribution in [1.29, 1.82) is 0 Å². The number of aromatic nitrogens is 2. The summed E-state index contributed by atoms with van der Waals surface area (Å²) in [5.41, 5.74) is 4.94. The normalized spacial score (nSPS) is 18.4. The molecule has 17 heteroatoms. The minimum absolute atomic E-state index is 0.120. The second-order valence-electron chi connectivity index (χ2n) is 15.7. The summed E-state index contributed by atoms with van der Waals surface area (Å²) in [5, 5.41) is 7.19. The van der Waals surface area contributed by atoms with Gasteiger partial charge in [0.15, 0.2) is 0 Å². The maximum Gasteiger partial charge on any atom is 0.409 e. The third-order valence-electron chi connectivity index (χ3n) is 11.1. The number of likely N-dealkylation sites (tertiary alicyclic amines) is 1. The number of amidine groups is 1. The Kier molecular flexibility index (Phi) is 14.1. The number of alkyl carbamates (subject to hydrolysis) is 2. The first-order chi connectivity index (χ1) is 29.3. The van der Waals surface area contributed by atoms with Crippen LogP contribution >= 0.6 is 0 Å². The minimum atomic E-state index is -0.832. The van der Waals surface area contributed by atoms with E-state index in [1.54, 1.807) is 20.9 Å². The smallest absolute Gasteiger partial charge is 0.409 e. The molecular formula is C44H54N9O8+. The molecule has 3 aromatic rings.